The van der Waals surface area contributed by atoms with Gasteiger partial charge in [-0.15, -0.1) is 23.2 Å². The predicted octanol–water partition coefficient (Wildman–Crippen LogP) is 14.1. The monoisotopic (exact) mass is 1490 g/mol. The summed E-state index contributed by atoms with van der Waals surface area (Å²) >= 11 is 11.8. The number of hydrogen-bond donors (Lipinski definition) is 0. The standard InChI is InChI=1S/C36H37ClF5NO7Si.C36H39ClF5NO6Si/c1-34(2,3)51(25-11-7-5-8-12-25,26-13-9-6-10-14-26)49-20-24-19-48-29(21-47-24)35(38,39)22-43(30(44)18-37)31-27-17-23(36(40,41)42)15-16-28(27)50-32(31)33(45)46-4;1-34(2,3)50(26-11-7-5-8-12-26,27-13-9-6-10-14-27)48-21-25-20-47-30(22-46-25)35(38,39)23-43(18-17-37)31-28-19-24(36(40,41)42)15-16-29(28)49-32(31)33(44)45-4/h5-17,24,29H,18-22H2,1-4H3;5-16,19,25,30H,17-18,20-23H2,1-4H3. The molecule has 4 heterocycles. The van der Waals surface area contributed by atoms with E-state index in [1.807, 2.05) is 121 Å². The van der Waals surface area contributed by atoms with Gasteiger partial charge in [-0.3, -0.25) is 4.79 Å². The number of furan rings is 2. The van der Waals surface area contributed by atoms with E-state index in [0.29, 0.717) is 17.0 Å². The Bertz CT molecular complexity index is 4010. The van der Waals surface area contributed by atoms with Crippen molar-refractivity contribution in [3.8, 4) is 0 Å². The summed E-state index contributed by atoms with van der Waals surface area (Å²) in [7, 11) is -3.89. The molecule has 544 valence electrons. The highest BCUT2D eigenvalue weighted by Gasteiger charge is 2.54. The van der Waals surface area contributed by atoms with Crippen LogP contribution in [-0.2, 0) is 54.4 Å². The molecule has 15 nitrogen and oxygen atoms in total. The van der Waals surface area contributed by atoms with E-state index in [1.54, 1.807) is 0 Å². The van der Waals surface area contributed by atoms with Gasteiger partial charge < -0.3 is 55.9 Å². The third kappa shape index (κ3) is 17.0. The van der Waals surface area contributed by atoms with Crippen molar-refractivity contribution in [3.63, 3.8) is 0 Å². The summed E-state index contributed by atoms with van der Waals surface area (Å²) in [5.41, 5.74) is -3.51. The molecule has 8 aromatic rings. The molecular weight excluding hydrogens is 1420 g/mol. The lowest BCUT2D eigenvalue weighted by atomic mass is 10.1. The fourth-order valence-electron chi connectivity index (χ4n) is 12.7. The first-order valence-corrected chi connectivity index (χ1v) is 36.9. The summed E-state index contributed by atoms with van der Waals surface area (Å²) in [6.07, 6.45) is -14.5. The van der Waals surface area contributed by atoms with Gasteiger partial charge in [0.25, 0.3) is 28.5 Å². The Labute approximate surface area is 589 Å². The van der Waals surface area contributed by atoms with Gasteiger partial charge >= 0.3 is 24.3 Å². The molecule has 0 bridgehead atoms. The van der Waals surface area contributed by atoms with E-state index in [0.717, 1.165) is 64.1 Å². The lowest BCUT2D eigenvalue weighted by Crippen LogP contribution is -2.67. The van der Waals surface area contributed by atoms with Crippen LogP contribution in [0.1, 0.15) is 73.8 Å². The zero-order chi connectivity index (χ0) is 73.5. The van der Waals surface area contributed by atoms with E-state index >= 15 is 17.6 Å². The van der Waals surface area contributed by atoms with Crippen molar-refractivity contribution < 1.29 is 104 Å². The molecule has 29 heteroatoms. The van der Waals surface area contributed by atoms with Crippen molar-refractivity contribution in [1.29, 1.82) is 0 Å². The summed E-state index contributed by atoms with van der Waals surface area (Å²) in [6.45, 7) is 8.50. The summed E-state index contributed by atoms with van der Waals surface area (Å²) in [5.74, 6) is -13.1. The van der Waals surface area contributed by atoms with E-state index < -0.39 is 149 Å². The minimum atomic E-state index is -4.83. The average molecular weight is 1490 g/mol. The van der Waals surface area contributed by atoms with Crippen molar-refractivity contribution >= 4 is 112 Å². The van der Waals surface area contributed by atoms with Crippen LogP contribution >= 0.6 is 23.2 Å². The second-order valence-corrected chi connectivity index (χ2v) is 35.5. The van der Waals surface area contributed by atoms with Crippen LogP contribution in [0, 0.1) is 0 Å². The molecule has 1 amide bonds. The van der Waals surface area contributed by atoms with Crippen molar-refractivity contribution in [2.45, 2.75) is 100 Å². The Morgan fingerprint density at radius 2 is 0.842 bits per heavy atom. The first kappa shape index (κ1) is 77.8. The maximum atomic E-state index is 16.0. The number of amides is 1. The zero-order valence-electron chi connectivity index (χ0n) is 56.3. The molecule has 0 spiro atoms. The number of esters is 2. The van der Waals surface area contributed by atoms with E-state index in [1.165, 1.54) is 0 Å². The van der Waals surface area contributed by atoms with Crippen LogP contribution in [0.25, 0.3) is 21.9 Å². The molecule has 2 aliphatic rings. The highest BCUT2D eigenvalue weighted by molar-refractivity contribution is 7.00. The molecule has 2 aromatic heterocycles. The SMILES string of the molecule is COC(=O)c1oc2ccc(C(F)(F)F)cc2c1N(CC(F)(F)C1COC(CO[Si](c2ccccc2)(c2ccccc2)C(C)(C)C)CO1)C(=O)CCl.COC(=O)c1oc2ccc(C(F)(F)F)cc2c1N(CCCl)CC(F)(F)C1COC(CO[Si](c2ccccc2)(c2ccccc2)C(C)(C)C)CO1. The van der Waals surface area contributed by atoms with E-state index in [2.05, 4.69) is 46.3 Å². The van der Waals surface area contributed by atoms with E-state index in [9.17, 15) is 40.7 Å². The van der Waals surface area contributed by atoms with Gasteiger partial charge in [-0.2, -0.15) is 26.3 Å². The Morgan fingerprint density at radius 3 is 1.16 bits per heavy atom. The van der Waals surface area contributed by atoms with E-state index in [4.69, 9.17) is 64.6 Å². The Hall–Kier alpha value is -7.32. The zero-order valence-corrected chi connectivity index (χ0v) is 59.8. The fourth-order valence-corrected chi connectivity index (χ4v) is 22.2. The molecule has 0 aliphatic carbocycles. The highest BCUT2D eigenvalue weighted by Crippen LogP contribution is 2.45. The number of benzene rings is 6. The number of carbonyl (C=O) groups excluding carboxylic acids is 3. The molecule has 10 rings (SSSR count). The molecule has 0 radical (unpaired) electrons. The average Bonchev–Trinajstić information content (AvgIpc) is 0.862. The van der Waals surface area contributed by atoms with Gasteiger partial charge in [-0.1, -0.05) is 163 Å². The number of fused-ring (bicyclic) bond motifs is 2. The highest BCUT2D eigenvalue weighted by atomic mass is 35.5. The quantitative estimate of drug-likeness (QED) is 0.0258. The molecule has 4 unspecified atom stereocenters. The molecule has 0 saturated carbocycles. The van der Waals surface area contributed by atoms with Crippen LogP contribution in [0.5, 0.6) is 0 Å². The molecule has 2 aliphatic heterocycles. The number of alkyl halides is 12. The van der Waals surface area contributed by atoms with Gasteiger partial charge in [0.1, 0.15) is 47.1 Å². The summed E-state index contributed by atoms with van der Waals surface area (Å²) in [5, 5.41) is 2.89. The third-order valence-electron chi connectivity index (χ3n) is 17.5. The van der Waals surface area contributed by atoms with Crippen LogP contribution in [0.4, 0.5) is 55.3 Å². The molecule has 2 fully saturated rings. The lowest BCUT2D eigenvalue weighted by Gasteiger charge is -2.44. The third-order valence-corrected chi connectivity index (χ3v) is 27.9. The van der Waals surface area contributed by atoms with Gasteiger partial charge in [0, 0.05) is 23.2 Å². The molecular formula is C72H76Cl2F10N2O13Si2. The normalized spacial score (nSPS) is 17.5. The van der Waals surface area contributed by atoms with Crippen molar-refractivity contribution in [1.82, 2.24) is 0 Å². The number of nitrogens with zero attached hydrogens (tertiary/aromatic N) is 2. The van der Waals surface area contributed by atoms with Crippen LogP contribution in [-0.4, -0.2) is 156 Å². The number of halogens is 12. The summed E-state index contributed by atoms with van der Waals surface area (Å²) in [6, 6.07) is 44.4. The smallest absolute Gasteiger partial charge is 0.416 e. The summed E-state index contributed by atoms with van der Waals surface area (Å²) < 4.78 is 203. The fraction of sp³-hybridized carbons (Fsp3) is 0.403. The van der Waals surface area contributed by atoms with Gasteiger partial charge in [0.15, 0.2) is 0 Å². The lowest BCUT2D eigenvalue weighted by molar-refractivity contribution is -0.216. The second-order valence-electron chi connectivity index (χ2n) is 26.2. The number of hydrogen-bond acceptors (Lipinski definition) is 14. The van der Waals surface area contributed by atoms with Crippen molar-refractivity contribution in [2.75, 3.05) is 95.1 Å². The molecule has 0 N–H and O–H groups in total. The van der Waals surface area contributed by atoms with Gasteiger partial charge in [-0.05, 0) is 67.2 Å². The van der Waals surface area contributed by atoms with Crippen molar-refractivity contribution in [3.05, 3.63) is 180 Å². The van der Waals surface area contributed by atoms with Gasteiger partial charge in [0.05, 0.1) is 83.8 Å². The van der Waals surface area contributed by atoms with E-state index in [-0.39, 0.29) is 71.2 Å². The van der Waals surface area contributed by atoms with Crippen LogP contribution in [0.2, 0.25) is 10.1 Å². The predicted molar refractivity (Wildman–Crippen MR) is 367 cm³/mol. The minimum absolute atomic E-state index is 0.0352. The van der Waals surface area contributed by atoms with Crippen molar-refractivity contribution in [2.24, 2.45) is 0 Å². The van der Waals surface area contributed by atoms with Crippen LogP contribution in [0.15, 0.2) is 167 Å². The number of carbonyl (C=O) groups is 3. The Kier molecular flexibility index (Phi) is 24.5. The van der Waals surface area contributed by atoms with Crippen LogP contribution in [0.3, 0.4) is 0 Å². The molecule has 101 heavy (non-hydrogen) atoms. The van der Waals surface area contributed by atoms with Gasteiger partial charge in [0.2, 0.25) is 17.4 Å². The van der Waals surface area contributed by atoms with Gasteiger partial charge in [-0.25, -0.2) is 27.2 Å². The number of anilines is 2. The molecule has 6 aromatic carbocycles. The largest absolute Gasteiger partial charge is 0.463 e. The maximum absolute atomic E-state index is 16.0. The Morgan fingerprint density at radius 1 is 0.485 bits per heavy atom. The molecule has 4 atom stereocenters. The first-order chi connectivity index (χ1) is 47.6. The number of ether oxygens (including phenoxy) is 6. The summed E-state index contributed by atoms with van der Waals surface area (Å²) in [4.78, 5) is 39.8. The number of rotatable bonds is 23. The van der Waals surface area contributed by atoms with Crippen LogP contribution < -0.4 is 30.5 Å². The second kappa shape index (κ2) is 31.7. The number of methoxy groups -OCH3 is 2. The minimum Gasteiger partial charge on any atom is -0.463 e. The maximum Gasteiger partial charge on any atom is 0.416 e. The Balaban J connectivity index is 0.000000235. The first-order valence-electron chi connectivity index (χ1n) is 32.0. The molecule has 2 saturated heterocycles. The topological polar surface area (TPSA) is 158 Å².